The van der Waals surface area contributed by atoms with Crippen LogP contribution in [-0.2, 0) is 4.79 Å². The number of hydrogen-bond acceptors (Lipinski definition) is 6. The molecular formula is C20H45Cl2N3O3. The standard InChI is InChI=1S/C6H11NO.C6H13N.C6H10O.C2H6.2ClH.H3NO/c1-5-3-2-4-6(5)7-8;2*1-5-3-2-4-6(5)7;1-2;;;1-2/h5,8H,2-4H2,1H3;5-6H,2-4,7H2,1H3;5H,2-4H2,1H3;1-2H3;2*1H;2H,1H2/b7-6+;;;;;;. The minimum atomic E-state index is 0. The Morgan fingerprint density at radius 1 is 0.857 bits per heavy atom. The van der Waals surface area contributed by atoms with E-state index in [-0.39, 0.29) is 24.8 Å². The fourth-order valence-corrected chi connectivity index (χ4v) is 3.31. The third kappa shape index (κ3) is 15.5. The van der Waals surface area contributed by atoms with E-state index in [0.717, 1.165) is 37.3 Å². The minimum absolute atomic E-state index is 0. The number of carbonyl (C=O) groups excluding carboxylic acids is 1. The second kappa shape index (κ2) is 22.9. The van der Waals surface area contributed by atoms with Crippen LogP contribution < -0.4 is 11.6 Å². The highest BCUT2D eigenvalue weighted by Crippen LogP contribution is 2.22. The molecule has 3 saturated carbocycles. The maximum atomic E-state index is 10.6. The molecule has 0 bridgehead atoms. The van der Waals surface area contributed by atoms with Crippen molar-refractivity contribution in [2.24, 2.45) is 34.5 Å². The smallest absolute Gasteiger partial charge is 0.135 e. The number of nitrogens with two attached hydrogens (primary N) is 2. The van der Waals surface area contributed by atoms with Crippen molar-refractivity contribution in [1.29, 1.82) is 0 Å². The summed E-state index contributed by atoms with van der Waals surface area (Å²) in [6, 6.07) is 0.514. The monoisotopic (exact) mass is 445 g/mol. The number of halogens is 2. The Balaban J connectivity index is -0.000000137. The van der Waals surface area contributed by atoms with Crippen molar-refractivity contribution >= 4 is 36.3 Å². The number of carbonyl (C=O) groups is 1. The van der Waals surface area contributed by atoms with Crippen molar-refractivity contribution in [3.05, 3.63) is 0 Å². The Labute approximate surface area is 184 Å². The third-order valence-corrected chi connectivity index (χ3v) is 5.31. The molecule has 3 aliphatic rings. The molecule has 6 N–H and O–H groups in total. The number of ketones is 1. The Morgan fingerprint density at radius 3 is 1.50 bits per heavy atom. The van der Waals surface area contributed by atoms with Gasteiger partial charge in [-0.2, -0.15) is 0 Å². The lowest BCUT2D eigenvalue weighted by Crippen LogP contribution is -2.21. The molecule has 3 aliphatic carbocycles. The van der Waals surface area contributed by atoms with E-state index in [2.05, 4.69) is 24.9 Å². The summed E-state index contributed by atoms with van der Waals surface area (Å²) < 4.78 is 0. The first kappa shape index (κ1) is 35.1. The minimum Gasteiger partial charge on any atom is -0.411 e. The van der Waals surface area contributed by atoms with Gasteiger partial charge in [-0.3, -0.25) is 4.79 Å². The van der Waals surface area contributed by atoms with Gasteiger partial charge in [0.2, 0.25) is 0 Å². The molecule has 0 aliphatic heterocycles. The Bertz CT molecular complexity index is 378. The molecule has 0 aromatic heterocycles. The zero-order chi connectivity index (χ0) is 20.5. The highest BCUT2D eigenvalue weighted by atomic mass is 35.5. The van der Waals surface area contributed by atoms with Gasteiger partial charge in [-0.15, -0.1) is 24.8 Å². The average Bonchev–Trinajstić information content (AvgIpc) is 3.37. The van der Waals surface area contributed by atoms with Gasteiger partial charge in [-0.1, -0.05) is 46.2 Å². The van der Waals surface area contributed by atoms with E-state index in [4.69, 9.17) is 16.1 Å². The molecule has 0 spiro atoms. The van der Waals surface area contributed by atoms with Gasteiger partial charge in [0.1, 0.15) is 5.78 Å². The van der Waals surface area contributed by atoms with Gasteiger partial charge in [0.25, 0.3) is 0 Å². The van der Waals surface area contributed by atoms with Gasteiger partial charge in [0, 0.05) is 18.4 Å². The fraction of sp³-hybridized carbons (Fsp3) is 0.900. The lowest BCUT2D eigenvalue weighted by atomic mass is 10.1. The van der Waals surface area contributed by atoms with Crippen LogP contribution in [0.4, 0.5) is 0 Å². The molecule has 28 heavy (non-hydrogen) atoms. The van der Waals surface area contributed by atoms with Crippen LogP contribution in [0.25, 0.3) is 0 Å². The van der Waals surface area contributed by atoms with Crippen molar-refractivity contribution in [2.75, 3.05) is 0 Å². The molecular weight excluding hydrogens is 401 g/mol. The number of nitrogens with zero attached hydrogens (tertiary/aromatic N) is 1. The molecule has 172 valence electrons. The largest absolute Gasteiger partial charge is 0.411 e. The molecule has 4 atom stereocenters. The normalized spacial score (nSPS) is 28.6. The topological polar surface area (TPSA) is 122 Å². The zero-order valence-corrected chi connectivity index (χ0v) is 20.0. The van der Waals surface area contributed by atoms with Crippen molar-refractivity contribution in [2.45, 2.75) is 98.4 Å². The number of rotatable bonds is 0. The van der Waals surface area contributed by atoms with Gasteiger partial charge >= 0.3 is 0 Å². The van der Waals surface area contributed by atoms with Gasteiger partial charge in [-0.25, -0.2) is 5.90 Å². The predicted molar refractivity (Wildman–Crippen MR) is 123 cm³/mol. The highest BCUT2D eigenvalue weighted by Gasteiger charge is 2.19. The summed E-state index contributed by atoms with van der Waals surface area (Å²) in [5.41, 5.74) is 6.66. The SMILES string of the molecule is CC.CC1CCC/C1=N\O.CC1CCCC1=O.CC1CCCC1N.Cl.Cl.NO. The lowest BCUT2D eigenvalue weighted by Gasteiger charge is -2.05. The number of oxime groups is 1. The molecule has 0 radical (unpaired) electrons. The Morgan fingerprint density at radius 2 is 1.36 bits per heavy atom. The molecule has 3 rings (SSSR count). The number of hydrogen-bond donors (Lipinski definition) is 4. The molecule has 6 nitrogen and oxygen atoms in total. The van der Waals surface area contributed by atoms with Crippen LogP contribution in [0.3, 0.4) is 0 Å². The third-order valence-electron chi connectivity index (χ3n) is 5.31. The summed E-state index contributed by atoms with van der Waals surface area (Å²) in [5, 5.41) is 18.0. The van der Waals surface area contributed by atoms with Crippen molar-refractivity contribution in [3.8, 4) is 0 Å². The zero-order valence-electron chi connectivity index (χ0n) is 18.4. The van der Waals surface area contributed by atoms with Crippen LogP contribution in [0.1, 0.15) is 92.4 Å². The van der Waals surface area contributed by atoms with E-state index < -0.39 is 0 Å². The molecule has 0 amide bonds. The number of Topliss-reactive ketones (excluding diaryl/α,β-unsaturated/α-hetero) is 1. The van der Waals surface area contributed by atoms with E-state index >= 15 is 0 Å². The average molecular weight is 447 g/mol. The van der Waals surface area contributed by atoms with Gasteiger partial charge in [0.05, 0.1) is 5.71 Å². The van der Waals surface area contributed by atoms with Crippen LogP contribution in [0, 0.1) is 17.8 Å². The van der Waals surface area contributed by atoms with Gasteiger partial charge in [0.15, 0.2) is 0 Å². The molecule has 0 saturated heterocycles. The van der Waals surface area contributed by atoms with Gasteiger partial charge < -0.3 is 16.1 Å². The van der Waals surface area contributed by atoms with Crippen molar-refractivity contribution in [1.82, 2.24) is 0 Å². The first-order valence-electron chi connectivity index (χ1n) is 10.2. The van der Waals surface area contributed by atoms with Crippen LogP contribution in [0.15, 0.2) is 5.16 Å². The lowest BCUT2D eigenvalue weighted by molar-refractivity contribution is -0.120. The summed E-state index contributed by atoms with van der Waals surface area (Å²) in [7, 11) is 0. The molecule has 8 heteroatoms. The van der Waals surface area contributed by atoms with Crippen molar-refractivity contribution < 1.29 is 15.2 Å². The summed E-state index contributed by atoms with van der Waals surface area (Å²) in [6.07, 6.45) is 10.4. The molecule has 0 heterocycles. The predicted octanol–water partition coefficient (Wildman–Crippen LogP) is 5.35. The Kier molecular flexibility index (Phi) is 28.7. The molecule has 4 unspecified atom stereocenters. The molecule has 0 aromatic carbocycles. The van der Waals surface area contributed by atoms with E-state index in [1.807, 2.05) is 20.8 Å². The fourth-order valence-electron chi connectivity index (χ4n) is 3.31. The highest BCUT2D eigenvalue weighted by molar-refractivity contribution is 5.87. The molecule has 3 fully saturated rings. The van der Waals surface area contributed by atoms with E-state index in [1.54, 1.807) is 0 Å². The summed E-state index contributed by atoms with van der Waals surface area (Å²) in [6.45, 7) is 10.3. The van der Waals surface area contributed by atoms with Crippen molar-refractivity contribution in [3.63, 3.8) is 0 Å². The maximum absolute atomic E-state index is 10.6. The first-order valence-corrected chi connectivity index (χ1v) is 10.2. The summed E-state index contributed by atoms with van der Waals surface area (Å²) in [5.74, 6) is 5.65. The quantitative estimate of drug-likeness (QED) is 0.295. The van der Waals surface area contributed by atoms with E-state index in [1.165, 1.54) is 32.1 Å². The summed E-state index contributed by atoms with van der Waals surface area (Å²) in [4.78, 5) is 10.6. The maximum Gasteiger partial charge on any atom is 0.135 e. The van der Waals surface area contributed by atoms with Crippen LogP contribution >= 0.6 is 24.8 Å². The van der Waals surface area contributed by atoms with Crippen LogP contribution in [-0.4, -0.2) is 28.0 Å². The first-order chi connectivity index (χ1) is 12.5. The second-order valence-corrected chi connectivity index (χ2v) is 7.22. The van der Waals surface area contributed by atoms with Crippen LogP contribution in [0.2, 0.25) is 0 Å². The molecule has 0 aromatic rings. The second-order valence-electron chi connectivity index (χ2n) is 7.22. The van der Waals surface area contributed by atoms with E-state index in [9.17, 15) is 4.79 Å². The van der Waals surface area contributed by atoms with E-state index in [0.29, 0.717) is 23.7 Å². The Hall–Kier alpha value is -0.400. The van der Waals surface area contributed by atoms with Gasteiger partial charge in [-0.05, 0) is 56.8 Å². The van der Waals surface area contributed by atoms with Crippen LogP contribution in [0.5, 0.6) is 0 Å². The summed E-state index contributed by atoms with van der Waals surface area (Å²) >= 11 is 0.